The van der Waals surface area contributed by atoms with Crippen LogP contribution in [0.2, 0.25) is 5.02 Å². The van der Waals surface area contributed by atoms with Gasteiger partial charge in [0.1, 0.15) is 16.6 Å². The van der Waals surface area contributed by atoms with E-state index in [0.29, 0.717) is 65.8 Å². The number of piperidine rings is 1. The lowest BCUT2D eigenvalue weighted by atomic mass is 9.90. The van der Waals surface area contributed by atoms with Gasteiger partial charge in [0.2, 0.25) is 0 Å². The van der Waals surface area contributed by atoms with Crippen molar-refractivity contribution in [3.63, 3.8) is 0 Å². The maximum atomic E-state index is 16.7. The molecule has 2 aromatic heterocycles. The summed E-state index contributed by atoms with van der Waals surface area (Å²) in [5.74, 6) is 0.0752. The standard InChI is InChI=1S/C34H40ClFN8O2/c1-20-9-8-10-21(15-20)26-25(35)17-24-28(27(26)36)38-31(42-18-34(5,19-42)41(6)7)29-30(24)44(40-39-29)23-12-14-43(22(16-23)11-13-37)32(45)46-33(2,3)4/h8-10,15,17,22-23H,11-12,14,16,18-19H2,1-7H3/t22-,23?/m1/s1. The van der Waals surface area contributed by atoms with Crippen LogP contribution in [0.4, 0.5) is 15.0 Å². The molecule has 2 aliphatic rings. The van der Waals surface area contributed by atoms with Gasteiger partial charge in [-0.3, -0.25) is 0 Å². The minimum atomic E-state index is -0.657. The van der Waals surface area contributed by atoms with Crippen LogP contribution in [0, 0.1) is 24.1 Å². The monoisotopic (exact) mass is 646 g/mol. The molecule has 2 saturated heterocycles. The molecule has 0 radical (unpaired) electrons. The first kappa shape index (κ1) is 32.0. The maximum Gasteiger partial charge on any atom is 0.410 e. The molecular weight excluding hydrogens is 607 g/mol. The maximum absolute atomic E-state index is 16.7. The molecule has 6 rings (SSSR count). The molecule has 0 saturated carbocycles. The number of aryl methyl sites for hydroxylation is 1. The molecule has 2 aliphatic heterocycles. The lowest BCUT2D eigenvalue weighted by molar-refractivity contribution is 0.00557. The van der Waals surface area contributed by atoms with Crippen LogP contribution in [-0.4, -0.2) is 86.8 Å². The number of halogens is 2. The summed E-state index contributed by atoms with van der Waals surface area (Å²) in [7, 11) is 4.10. The van der Waals surface area contributed by atoms with Crippen molar-refractivity contribution in [3.8, 4) is 17.2 Å². The summed E-state index contributed by atoms with van der Waals surface area (Å²) < 4.78 is 24.2. The highest BCUT2D eigenvalue weighted by molar-refractivity contribution is 6.34. The fraction of sp³-hybridized carbons (Fsp3) is 0.500. The summed E-state index contributed by atoms with van der Waals surface area (Å²) >= 11 is 6.86. The van der Waals surface area contributed by atoms with E-state index < -0.39 is 17.5 Å². The van der Waals surface area contributed by atoms with Crippen LogP contribution in [0.1, 0.15) is 58.6 Å². The Morgan fingerprint density at radius 3 is 2.63 bits per heavy atom. The van der Waals surface area contributed by atoms with Gasteiger partial charge in [-0.2, -0.15) is 5.26 Å². The number of likely N-dealkylation sites (tertiary alicyclic amines) is 1. The molecular formula is C34H40ClFN8O2. The van der Waals surface area contributed by atoms with Crippen LogP contribution >= 0.6 is 11.6 Å². The minimum Gasteiger partial charge on any atom is -0.444 e. The number of rotatable bonds is 5. The number of amides is 1. The van der Waals surface area contributed by atoms with Gasteiger partial charge in [-0.05, 0) is 73.2 Å². The van der Waals surface area contributed by atoms with Gasteiger partial charge in [0.15, 0.2) is 17.2 Å². The molecule has 1 amide bonds. The Labute approximate surface area is 273 Å². The first-order valence-electron chi connectivity index (χ1n) is 15.6. The molecule has 46 heavy (non-hydrogen) atoms. The number of carbonyl (C=O) groups excluding carboxylic acids is 1. The number of nitriles is 1. The number of aromatic nitrogens is 4. The van der Waals surface area contributed by atoms with Gasteiger partial charge in [0.05, 0.1) is 35.1 Å². The van der Waals surface area contributed by atoms with E-state index in [2.05, 4.69) is 33.1 Å². The van der Waals surface area contributed by atoms with Gasteiger partial charge < -0.3 is 19.4 Å². The molecule has 1 unspecified atom stereocenters. The highest BCUT2D eigenvalue weighted by atomic mass is 35.5. The number of ether oxygens (including phenoxy) is 1. The minimum absolute atomic E-state index is 0.0662. The van der Waals surface area contributed by atoms with Gasteiger partial charge in [0.25, 0.3) is 0 Å². The highest BCUT2D eigenvalue weighted by Crippen LogP contribution is 2.43. The molecule has 0 N–H and O–H groups in total. The van der Waals surface area contributed by atoms with E-state index in [-0.39, 0.29) is 34.6 Å². The molecule has 0 aliphatic carbocycles. The number of anilines is 1. The summed E-state index contributed by atoms with van der Waals surface area (Å²) in [6, 6.07) is 11.0. The Morgan fingerprint density at radius 2 is 1.98 bits per heavy atom. The molecule has 4 aromatic rings. The van der Waals surface area contributed by atoms with Crippen molar-refractivity contribution in [1.29, 1.82) is 5.26 Å². The number of likely N-dealkylation sites (N-methyl/N-ethyl adjacent to an activating group) is 1. The van der Waals surface area contributed by atoms with Crippen LogP contribution in [0.5, 0.6) is 0 Å². The van der Waals surface area contributed by atoms with Crippen LogP contribution in [0.15, 0.2) is 30.3 Å². The fourth-order valence-electron chi connectivity index (χ4n) is 6.61. The zero-order chi connectivity index (χ0) is 33.1. The van der Waals surface area contributed by atoms with E-state index in [1.165, 1.54) is 0 Å². The van der Waals surface area contributed by atoms with Crippen molar-refractivity contribution in [1.82, 2.24) is 29.8 Å². The topological polar surface area (TPSA) is 103 Å². The van der Waals surface area contributed by atoms with E-state index in [4.69, 9.17) is 21.3 Å². The Balaban J connectivity index is 1.49. The van der Waals surface area contributed by atoms with Crippen molar-refractivity contribution in [2.24, 2.45) is 0 Å². The van der Waals surface area contributed by atoms with E-state index >= 15 is 4.39 Å². The average molecular weight is 647 g/mol. The van der Waals surface area contributed by atoms with E-state index in [1.54, 1.807) is 11.0 Å². The molecule has 242 valence electrons. The number of hydrogen-bond acceptors (Lipinski definition) is 8. The quantitative estimate of drug-likeness (QED) is 0.235. The van der Waals surface area contributed by atoms with E-state index in [9.17, 15) is 10.1 Å². The van der Waals surface area contributed by atoms with Gasteiger partial charge in [-0.15, -0.1) is 5.10 Å². The SMILES string of the molecule is Cc1cccc(-c2c(Cl)cc3c(nc(N4CC(C)(N(C)C)C4)c4nnn(C5CCN(C(=O)OC(C)(C)C)[C@H](CC#N)C5)c43)c2F)c1. The van der Waals surface area contributed by atoms with Crippen molar-refractivity contribution in [2.75, 3.05) is 38.6 Å². The van der Waals surface area contributed by atoms with Crippen molar-refractivity contribution < 1.29 is 13.9 Å². The third kappa shape index (κ3) is 5.62. The first-order chi connectivity index (χ1) is 21.7. The van der Waals surface area contributed by atoms with E-state index in [1.807, 2.05) is 70.7 Å². The number of pyridine rings is 1. The summed E-state index contributed by atoms with van der Waals surface area (Å²) in [5, 5.41) is 19.7. The highest BCUT2D eigenvalue weighted by Gasteiger charge is 2.43. The molecule has 12 heteroatoms. The molecule has 2 atom stereocenters. The largest absolute Gasteiger partial charge is 0.444 e. The first-order valence-corrected chi connectivity index (χ1v) is 16.0. The average Bonchev–Trinajstić information content (AvgIpc) is 3.40. The predicted molar refractivity (Wildman–Crippen MR) is 178 cm³/mol. The van der Waals surface area contributed by atoms with Gasteiger partial charge in [-0.25, -0.2) is 18.9 Å². The molecule has 0 spiro atoms. The van der Waals surface area contributed by atoms with Crippen LogP contribution < -0.4 is 4.90 Å². The Bertz CT molecular complexity index is 1870. The lowest BCUT2D eigenvalue weighted by Crippen LogP contribution is -2.67. The number of hydrogen-bond donors (Lipinski definition) is 0. The number of benzene rings is 2. The van der Waals surface area contributed by atoms with Crippen molar-refractivity contribution in [3.05, 3.63) is 46.7 Å². The smallest absolute Gasteiger partial charge is 0.410 e. The summed E-state index contributed by atoms with van der Waals surface area (Å²) in [4.78, 5) is 23.9. The summed E-state index contributed by atoms with van der Waals surface area (Å²) in [6.07, 6.45) is 0.724. The van der Waals surface area contributed by atoms with Gasteiger partial charge in [0, 0.05) is 30.6 Å². The predicted octanol–water partition coefficient (Wildman–Crippen LogP) is 6.74. The third-order valence-electron chi connectivity index (χ3n) is 9.31. The number of fused-ring (bicyclic) bond motifs is 3. The second kappa shape index (κ2) is 11.7. The Kier molecular flexibility index (Phi) is 8.10. The summed E-state index contributed by atoms with van der Waals surface area (Å²) in [5.41, 5.74) is 2.66. The molecule has 2 fully saturated rings. The normalized spacial score (nSPS) is 19.8. The van der Waals surface area contributed by atoms with Gasteiger partial charge >= 0.3 is 6.09 Å². The van der Waals surface area contributed by atoms with Crippen LogP contribution in [0.25, 0.3) is 33.1 Å². The zero-order valence-electron chi connectivity index (χ0n) is 27.4. The third-order valence-corrected chi connectivity index (χ3v) is 9.61. The van der Waals surface area contributed by atoms with Crippen molar-refractivity contribution >= 4 is 45.4 Å². The fourth-order valence-corrected chi connectivity index (χ4v) is 6.92. The van der Waals surface area contributed by atoms with Crippen LogP contribution in [-0.2, 0) is 4.74 Å². The molecule has 10 nitrogen and oxygen atoms in total. The van der Waals surface area contributed by atoms with Crippen molar-refractivity contribution in [2.45, 2.75) is 77.1 Å². The van der Waals surface area contributed by atoms with Crippen LogP contribution in [0.3, 0.4) is 0 Å². The second-order valence-corrected chi connectivity index (χ2v) is 14.5. The molecule has 2 aromatic carbocycles. The lowest BCUT2D eigenvalue weighted by Gasteiger charge is -2.52. The Hall–Kier alpha value is -4.01. The molecule has 4 heterocycles. The summed E-state index contributed by atoms with van der Waals surface area (Å²) in [6.45, 7) is 11.4. The van der Waals surface area contributed by atoms with Gasteiger partial charge in [-0.1, -0.05) is 46.6 Å². The van der Waals surface area contributed by atoms with E-state index in [0.717, 1.165) is 5.56 Å². The number of nitrogens with zero attached hydrogens (tertiary/aromatic N) is 8. The second-order valence-electron chi connectivity index (χ2n) is 14.1. The number of carbonyl (C=O) groups is 1. The molecule has 0 bridgehead atoms. The zero-order valence-corrected chi connectivity index (χ0v) is 28.2. The Morgan fingerprint density at radius 1 is 1.24 bits per heavy atom.